The molecule has 4 aromatic rings. The van der Waals surface area contributed by atoms with Crippen LogP contribution in [0.4, 0.5) is 11.4 Å². The third kappa shape index (κ3) is 3.23. The number of H-pyrrole nitrogens is 1. The average molecular weight is 384 g/mol. The molecule has 5 rings (SSSR count). The van der Waals surface area contributed by atoms with Gasteiger partial charge in [-0.25, -0.2) is 4.98 Å². The highest BCUT2D eigenvalue weighted by atomic mass is 16.5. The zero-order chi connectivity index (χ0) is 19.8. The average Bonchev–Trinajstić information content (AvgIpc) is 3.16. The Hall–Kier alpha value is -3.31. The van der Waals surface area contributed by atoms with Gasteiger partial charge in [0.2, 0.25) is 0 Å². The summed E-state index contributed by atoms with van der Waals surface area (Å²) in [4.78, 5) is 10.2. The van der Waals surface area contributed by atoms with Crippen LogP contribution >= 0.6 is 0 Å². The van der Waals surface area contributed by atoms with Gasteiger partial charge < -0.3 is 19.9 Å². The van der Waals surface area contributed by atoms with E-state index in [2.05, 4.69) is 57.6 Å². The first-order valence-corrected chi connectivity index (χ1v) is 9.90. The summed E-state index contributed by atoms with van der Waals surface area (Å²) in [6, 6.07) is 16.8. The molecule has 0 amide bonds. The highest BCUT2D eigenvalue weighted by Gasteiger charge is 2.20. The van der Waals surface area contributed by atoms with Gasteiger partial charge in [0.15, 0.2) is 0 Å². The number of aromatic nitrogens is 2. The summed E-state index contributed by atoms with van der Waals surface area (Å²) in [5.74, 6) is 0.960. The van der Waals surface area contributed by atoms with Crippen LogP contribution in [0.1, 0.15) is 11.1 Å². The standard InChI is InChI=1S/C24H24N4O/c1-28-11-9-16-12-17(13-22(29-2)20(16)15-28)19-8-10-25-24-23(19)21(14-26-24)27-18-6-4-3-5-7-18/h3-8,10,12-14,27H,9,11,15H2,1-2H3,(H,25,26). The molecule has 5 nitrogen and oxygen atoms in total. The summed E-state index contributed by atoms with van der Waals surface area (Å²) < 4.78 is 5.78. The second kappa shape index (κ2) is 7.26. The molecule has 0 radical (unpaired) electrons. The van der Waals surface area contributed by atoms with Crippen LogP contribution in [0.5, 0.6) is 5.75 Å². The minimum Gasteiger partial charge on any atom is -0.496 e. The van der Waals surface area contributed by atoms with E-state index >= 15 is 0 Å². The van der Waals surface area contributed by atoms with Crippen LogP contribution in [0, 0.1) is 0 Å². The summed E-state index contributed by atoms with van der Waals surface area (Å²) >= 11 is 0. The van der Waals surface area contributed by atoms with Crippen molar-refractivity contribution in [1.29, 1.82) is 0 Å². The first-order chi connectivity index (χ1) is 14.2. The van der Waals surface area contributed by atoms with Crippen molar-refractivity contribution in [3.8, 4) is 16.9 Å². The molecule has 0 saturated heterocycles. The lowest BCUT2D eigenvalue weighted by Crippen LogP contribution is -2.27. The molecule has 0 aliphatic carbocycles. The van der Waals surface area contributed by atoms with Crippen molar-refractivity contribution >= 4 is 22.4 Å². The Morgan fingerprint density at radius 3 is 2.83 bits per heavy atom. The van der Waals surface area contributed by atoms with E-state index in [1.165, 1.54) is 11.1 Å². The van der Waals surface area contributed by atoms with Crippen molar-refractivity contribution in [2.45, 2.75) is 13.0 Å². The van der Waals surface area contributed by atoms with E-state index in [9.17, 15) is 0 Å². The molecular weight excluding hydrogens is 360 g/mol. The summed E-state index contributed by atoms with van der Waals surface area (Å²) in [5.41, 5.74) is 7.92. The third-order valence-corrected chi connectivity index (χ3v) is 5.65. The maximum absolute atomic E-state index is 5.78. The Balaban J connectivity index is 1.65. The Bertz CT molecular complexity index is 1150. The van der Waals surface area contributed by atoms with E-state index in [1.54, 1.807) is 7.11 Å². The van der Waals surface area contributed by atoms with Crippen molar-refractivity contribution in [2.24, 2.45) is 0 Å². The minimum absolute atomic E-state index is 0.873. The number of anilines is 2. The molecule has 0 unspecified atom stereocenters. The minimum atomic E-state index is 0.873. The Kier molecular flexibility index (Phi) is 4.45. The SMILES string of the molecule is COc1cc(-c2ccnc3[nH]cc(Nc4ccccc4)c23)cc2c1CN(C)CC2. The molecule has 1 aliphatic heterocycles. The van der Waals surface area contributed by atoms with Crippen molar-refractivity contribution in [1.82, 2.24) is 14.9 Å². The maximum atomic E-state index is 5.78. The fourth-order valence-corrected chi connectivity index (χ4v) is 4.18. The maximum Gasteiger partial charge on any atom is 0.140 e. The number of methoxy groups -OCH3 is 1. The molecule has 1 aliphatic rings. The van der Waals surface area contributed by atoms with Crippen molar-refractivity contribution in [2.75, 3.05) is 26.0 Å². The van der Waals surface area contributed by atoms with Crippen LogP contribution in [-0.4, -0.2) is 35.6 Å². The molecule has 29 heavy (non-hydrogen) atoms. The number of rotatable bonds is 4. The molecule has 0 saturated carbocycles. The second-order valence-corrected chi connectivity index (χ2v) is 7.58. The highest BCUT2D eigenvalue weighted by Crippen LogP contribution is 2.38. The van der Waals surface area contributed by atoms with Crippen molar-refractivity contribution < 1.29 is 4.74 Å². The summed E-state index contributed by atoms with van der Waals surface area (Å²) in [5, 5.41) is 4.61. The quantitative estimate of drug-likeness (QED) is 0.522. The first-order valence-electron chi connectivity index (χ1n) is 9.90. The summed E-state index contributed by atoms with van der Waals surface area (Å²) in [6.45, 7) is 1.99. The number of aromatic amines is 1. The van der Waals surface area contributed by atoms with Crippen LogP contribution in [0.15, 0.2) is 60.9 Å². The molecule has 2 aromatic heterocycles. The van der Waals surface area contributed by atoms with Gasteiger partial charge in [-0.1, -0.05) is 24.3 Å². The van der Waals surface area contributed by atoms with Gasteiger partial charge in [0.05, 0.1) is 18.2 Å². The molecule has 3 heterocycles. The number of para-hydroxylation sites is 1. The zero-order valence-electron chi connectivity index (χ0n) is 16.7. The second-order valence-electron chi connectivity index (χ2n) is 7.58. The fourth-order valence-electron chi connectivity index (χ4n) is 4.18. The van der Waals surface area contributed by atoms with E-state index in [0.29, 0.717) is 0 Å². The van der Waals surface area contributed by atoms with Gasteiger partial charge in [-0.05, 0) is 54.4 Å². The number of nitrogens with one attached hydrogen (secondary N) is 2. The van der Waals surface area contributed by atoms with Crippen molar-refractivity contribution in [3.05, 3.63) is 72.1 Å². The number of ether oxygens (including phenoxy) is 1. The molecule has 146 valence electrons. The third-order valence-electron chi connectivity index (χ3n) is 5.65. The van der Waals surface area contributed by atoms with Gasteiger partial charge in [-0.3, -0.25) is 0 Å². The van der Waals surface area contributed by atoms with Crippen LogP contribution in [0.25, 0.3) is 22.2 Å². The van der Waals surface area contributed by atoms with E-state index in [-0.39, 0.29) is 0 Å². The number of benzene rings is 2. The van der Waals surface area contributed by atoms with Crippen molar-refractivity contribution in [3.63, 3.8) is 0 Å². The molecule has 5 heteroatoms. The number of pyridine rings is 1. The molecule has 0 fully saturated rings. The van der Waals surface area contributed by atoms with Crippen LogP contribution in [-0.2, 0) is 13.0 Å². The van der Waals surface area contributed by atoms with Gasteiger partial charge >= 0.3 is 0 Å². The largest absolute Gasteiger partial charge is 0.496 e. The lowest BCUT2D eigenvalue weighted by atomic mass is 9.93. The normalized spacial score (nSPS) is 14.0. The van der Waals surface area contributed by atoms with Gasteiger partial charge in [0.1, 0.15) is 11.4 Å². The summed E-state index contributed by atoms with van der Waals surface area (Å²) in [6.07, 6.45) is 4.88. The molecular formula is C24H24N4O. The van der Waals surface area contributed by atoms with E-state index in [4.69, 9.17) is 4.74 Å². The van der Waals surface area contributed by atoms with Gasteiger partial charge in [0, 0.05) is 36.7 Å². The molecule has 0 bridgehead atoms. The smallest absolute Gasteiger partial charge is 0.140 e. The molecule has 2 aromatic carbocycles. The predicted molar refractivity (Wildman–Crippen MR) is 118 cm³/mol. The topological polar surface area (TPSA) is 53.2 Å². The van der Waals surface area contributed by atoms with Crippen LogP contribution in [0.2, 0.25) is 0 Å². The number of likely N-dealkylation sites (N-methyl/N-ethyl adjacent to an activating group) is 1. The van der Waals surface area contributed by atoms with E-state index < -0.39 is 0 Å². The zero-order valence-corrected chi connectivity index (χ0v) is 16.7. The monoisotopic (exact) mass is 384 g/mol. The number of hydrogen-bond acceptors (Lipinski definition) is 4. The van der Waals surface area contributed by atoms with Gasteiger partial charge in [0.25, 0.3) is 0 Å². The van der Waals surface area contributed by atoms with E-state index in [1.807, 2.05) is 30.6 Å². The van der Waals surface area contributed by atoms with Crippen LogP contribution in [0.3, 0.4) is 0 Å². The van der Waals surface area contributed by atoms with Gasteiger partial charge in [-0.15, -0.1) is 0 Å². The Morgan fingerprint density at radius 1 is 1.14 bits per heavy atom. The first kappa shape index (κ1) is 17.8. The van der Waals surface area contributed by atoms with Crippen LogP contribution < -0.4 is 10.1 Å². The summed E-state index contributed by atoms with van der Waals surface area (Å²) in [7, 11) is 3.92. The Labute approximate surface area is 170 Å². The lowest BCUT2D eigenvalue weighted by Gasteiger charge is -2.27. The highest BCUT2D eigenvalue weighted by molar-refractivity contribution is 6.03. The Morgan fingerprint density at radius 2 is 2.00 bits per heavy atom. The lowest BCUT2D eigenvalue weighted by molar-refractivity contribution is 0.302. The number of hydrogen-bond donors (Lipinski definition) is 2. The number of fused-ring (bicyclic) bond motifs is 2. The molecule has 2 N–H and O–H groups in total. The molecule has 0 atom stereocenters. The van der Waals surface area contributed by atoms with Gasteiger partial charge in [-0.2, -0.15) is 0 Å². The number of nitrogens with zero attached hydrogens (tertiary/aromatic N) is 2. The van der Waals surface area contributed by atoms with E-state index in [0.717, 1.165) is 58.8 Å². The fraction of sp³-hybridized carbons (Fsp3) is 0.208. The predicted octanol–water partition coefficient (Wildman–Crippen LogP) is 4.97. The molecule has 0 spiro atoms.